The smallest absolute Gasteiger partial charge is 0.0385 e. The van der Waals surface area contributed by atoms with Gasteiger partial charge in [-0.3, -0.25) is 0 Å². The Bertz CT molecular complexity index is 2880. The van der Waals surface area contributed by atoms with Crippen LogP contribution in [0.5, 0.6) is 0 Å². The van der Waals surface area contributed by atoms with Crippen molar-refractivity contribution in [3.63, 3.8) is 0 Å². The minimum atomic E-state index is 0.443. The summed E-state index contributed by atoms with van der Waals surface area (Å²) in [5.41, 5.74) is 110. The molecule has 0 bridgehead atoms. The van der Waals surface area contributed by atoms with Crippen LogP contribution in [0.3, 0.4) is 0 Å². The van der Waals surface area contributed by atoms with Gasteiger partial charge in [-0.15, -0.1) is 0 Å². The summed E-state index contributed by atoms with van der Waals surface area (Å²) in [6, 6.07) is 24.3. The predicted octanol–water partition coefficient (Wildman–Crippen LogP) is 13.2. The van der Waals surface area contributed by atoms with Crippen molar-refractivity contribution in [1.29, 1.82) is 0 Å². The Hall–Kier alpha value is -8.26. The van der Waals surface area contributed by atoms with E-state index in [0.29, 0.717) is 5.92 Å². The molecule has 7 aromatic carbocycles. The molecule has 0 spiro atoms. The van der Waals surface area contributed by atoms with Crippen LogP contribution in [0.2, 0.25) is 0 Å². The zero-order valence-electron chi connectivity index (χ0n) is 51.6. The van der Waals surface area contributed by atoms with Crippen molar-refractivity contribution < 1.29 is 0 Å². The standard InChI is InChI=1S/C14H24N2.2C10H16N2.C9H14N2.2C8H12N2.C7H10N2/c1-5-9-10(6-2)14(16)12(8-4)11(7-3)13(9)15;1-5-6(2)10(12)8(4)7(3)9(5)11;1-3-7-5-9(11)6-8(4-2)10(7)12;1-6(2)8-5-7(10)3-4-9(8)11;1-5-3-7(9)4-6(2)8(5)10;1-2-6-5-7(9)3-4-8(6)10;1-5-4-6(8)2-3-7(5)9/h5-8,15-16H2,1-4H3;11-12H2,1-4H3;5-6H,3-4,11-12H2,1-2H3;3-6H,10-11H2,1-2H3;3-4H,9-10H2,1-2H3;3-5H,2,9-10H2,1H3;2-4H,8-9H2,1H3. The van der Waals surface area contributed by atoms with Gasteiger partial charge in [-0.25, -0.2) is 0 Å². The summed E-state index contributed by atoms with van der Waals surface area (Å²) in [5.74, 6) is 0.443. The van der Waals surface area contributed by atoms with Gasteiger partial charge in [0.25, 0.3) is 0 Å². The summed E-state index contributed by atoms with van der Waals surface area (Å²) < 4.78 is 0. The van der Waals surface area contributed by atoms with Crippen molar-refractivity contribution in [3.8, 4) is 0 Å². The monoisotopic (exact) mass is 1090 g/mol. The van der Waals surface area contributed by atoms with Gasteiger partial charge >= 0.3 is 0 Å². The van der Waals surface area contributed by atoms with E-state index in [9.17, 15) is 0 Å². The lowest BCUT2D eigenvalue weighted by molar-refractivity contribution is 0.870. The molecule has 0 aliphatic heterocycles. The molecule has 7 rings (SSSR count). The van der Waals surface area contributed by atoms with Crippen molar-refractivity contribution in [1.82, 2.24) is 0 Å². The van der Waals surface area contributed by atoms with Crippen molar-refractivity contribution >= 4 is 79.6 Å². The topological polar surface area (TPSA) is 364 Å². The second-order valence-corrected chi connectivity index (χ2v) is 20.5. The average Bonchev–Trinajstić information content (AvgIpc) is 3.44. The molecule has 0 aromatic heterocycles. The van der Waals surface area contributed by atoms with Gasteiger partial charge in [-0.2, -0.15) is 0 Å². The molecule has 0 saturated heterocycles. The van der Waals surface area contributed by atoms with Crippen LogP contribution in [-0.2, 0) is 44.9 Å². The zero-order chi connectivity index (χ0) is 61.5. The molecule has 0 fully saturated rings. The third-order valence-electron chi connectivity index (χ3n) is 14.5. The summed E-state index contributed by atoms with van der Waals surface area (Å²) in [4.78, 5) is 0. The minimum absolute atomic E-state index is 0.443. The second-order valence-electron chi connectivity index (χ2n) is 20.5. The molecule has 438 valence electrons. The van der Waals surface area contributed by atoms with Crippen molar-refractivity contribution in [3.05, 3.63) is 162 Å². The Balaban J connectivity index is 0.000000470. The van der Waals surface area contributed by atoms with E-state index >= 15 is 0 Å². The molecular weight excluding hydrogens is 989 g/mol. The van der Waals surface area contributed by atoms with Gasteiger partial charge in [0.05, 0.1) is 0 Å². The molecule has 28 N–H and O–H groups in total. The van der Waals surface area contributed by atoms with Crippen LogP contribution in [0.1, 0.15) is 152 Å². The number of hydrogen-bond donors (Lipinski definition) is 14. The highest BCUT2D eigenvalue weighted by Crippen LogP contribution is 2.34. The lowest BCUT2D eigenvalue weighted by atomic mass is 9.89. The maximum Gasteiger partial charge on any atom is 0.0385 e. The number of anilines is 14. The first-order valence-corrected chi connectivity index (χ1v) is 27.9. The molecular formula is C66H104N14. The predicted molar refractivity (Wildman–Crippen MR) is 360 cm³/mol. The highest BCUT2D eigenvalue weighted by Gasteiger charge is 2.17. The van der Waals surface area contributed by atoms with Crippen LogP contribution < -0.4 is 80.3 Å². The van der Waals surface area contributed by atoms with E-state index in [4.69, 9.17) is 80.3 Å². The molecule has 0 aliphatic rings. The highest BCUT2D eigenvalue weighted by molar-refractivity contribution is 5.72. The summed E-state index contributed by atoms with van der Waals surface area (Å²) >= 11 is 0. The Morgan fingerprint density at radius 1 is 0.275 bits per heavy atom. The van der Waals surface area contributed by atoms with E-state index in [1.807, 2.05) is 121 Å². The van der Waals surface area contributed by atoms with Crippen molar-refractivity contribution in [2.75, 3.05) is 80.3 Å². The fourth-order valence-corrected chi connectivity index (χ4v) is 9.12. The van der Waals surface area contributed by atoms with Crippen molar-refractivity contribution in [2.24, 2.45) is 0 Å². The Kier molecular flexibility index (Phi) is 29.0. The van der Waals surface area contributed by atoms with E-state index in [2.05, 4.69) is 62.3 Å². The number of nitrogens with two attached hydrogens (primary N) is 14. The fourth-order valence-electron chi connectivity index (χ4n) is 9.12. The molecule has 0 aliphatic carbocycles. The maximum atomic E-state index is 6.27. The summed E-state index contributed by atoms with van der Waals surface area (Å²) in [7, 11) is 0. The molecule has 0 heterocycles. The SMILES string of the molecule is CC(C)c1cc(N)ccc1N.CCc1c(N)c(CC)c(CC)c(N)c1CC.CCc1cc(N)cc(CC)c1N.CCc1cc(N)ccc1N.Cc1c(C)c(N)c(C)c(C)c1N.Cc1cc(N)cc(C)c1N.Cc1cc(N)ccc1N. The maximum absolute atomic E-state index is 6.27. The Labute approximate surface area is 481 Å². The average molecular weight is 1090 g/mol. The Morgan fingerprint density at radius 3 is 0.875 bits per heavy atom. The van der Waals surface area contributed by atoms with Crippen molar-refractivity contribution in [2.45, 2.75) is 162 Å². The van der Waals surface area contributed by atoms with Crippen LogP contribution >= 0.6 is 0 Å². The molecule has 0 atom stereocenters. The number of benzene rings is 7. The van der Waals surface area contributed by atoms with Gasteiger partial charge in [0, 0.05) is 79.6 Å². The second kappa shape index (κ2) is 33.2. The zero-order valence-corrected chi connectivity index (χ0v) is 51.6. The van der Waals surface area contributed by atoms with E-state index < -0.39 is 0 Å². The van der Waals surface area contributed by atoms with E-state index in [1.165, 1.54) is 22.3 Å². The van der Waals surface area contributed by atoms with Crippen LogP contribution in [0, 0.1) is 48.5 Å². The third kappa shape index (κ3) is 19.9. The number of aryl methyl sites for hydroxylation is 6. The van der Waals surface area contributed by atoms with E-state index in [0.717, 1.165) is 186 Å². The van der Waals surface area contributed by atoms with Gasteiger partial charge in [-0.05, 0) is 262 Å². The molecule has 0 saturated carbocycles. The fraction of sp³-hybridized carbons (Fsp3) is 0.364. The molecule has 0 radical (unpaired) electrons. The largest absolute Gasteiger partial charge is 0.399 e. The first kappa shape index (κ1) is 69.8. The van der Waals surface area contributed by atoms with E-state index in [1.54, 1.807) is 6.07 Å². The van der Waals surface area contributed by atoms with Gasteiger partial charge < -0.3 is 80.3 Å². The summed E-state index contributed by atoms with van der Waals surface area (Å²) in [6.45, 7) is 32.9. The van der Waals surface area contributed by atoms with Crippen LogP contribution in [-0.4, -0.2) is 0 Å². The van der Waals surface area contributed by atoms with E-state index in [-0.39, 0.29) is 0 Å². The lowest BCUT2D eigenvalue weighted by Crippen LogP contribution is -2.11. The molecule has 80 heavy (non-hydrogen) atoms. The number of nitrogen functional groups attached to an aromatic ring is 14. The quantitative estimate of drug-likeness (QED) is 0.0629. The number of rotatable bonds is 8. The van der Waals surface area contributed by atoms with Gasteiger partial charge in [0.2, 0.25) is 0 Å². The first-order valence-electron chi connectivity index (χ1n) is 27.9. The molecule has 0 amide bonds. The third-order valence-corrected chi connectivity index (χ3v) is 14.5. The molecule has 7 aromatic rings. The summed E-state index contributed by atoms with van der Waals surface area (Å²) in [6.07, 6.45) is 6.71. The minimum Gasteiger partial charge on any atom is -0.399 e. The molecule has 14 nitrogen and oxygen atoms in total. The lowest BCUT2D eigenvalue weighted by Gasteiger charge is -2.21. The van der Waals surface area contributed by atoms with Crippen LogP contribution in [0.25, 0.3) is 0 Å². The summed E-state index contributed by atoms with van der Waals surface area (Å²) in [5, 5.41) is 0. The molecule has 14 heteroatoms. The van der Waals surface area contributed by atoms with Crippen LogP contribution in [0.4, 0.5) is 79.6 Å². The highest BCUT2D eigenvalue weighted by atomic mass is 14.7. The van der Waals surface area contributed by atoms with Gasteiger partial charge in [-0.1, -0.05) is 62.3 Å². The first-order chi connectivity index (χ1) is 37.4. The van der Waals surface area contributed by atoms with Gasteiger partial charge in [0.1, 0.15) is 0 Å². The van der Waals surface area contributed by atoms with Gasteiger partial charge in [0.15, 0.2) is 0 Å². The Morgan fingerprint density at radius 2 is 0.575 bits per heavy atom. The molecule has 0 unspecified atom stereocenters. The number of hydrogen-bond acceptors (Lipinski definition) is 14. The normalized spacial score (nSPS) is 10.2. The van der Waals surface area contributed by atoms with Crippen LogP contribution in [0.15, 0.2) is 78.9 Å².